The summed E-state index contributed by atoms with van der Waals surface area (Å²) < 4.78 is 15.0. The zero-order valence-corrected chi connectivity index (χ0v) is 14.0. The Balaban J connectivity index is 1.87. The van der Waals surface area contributed by atoms with E-state index in [1.54, 1.807) is 29.8 Å². The van der Waals surface area contributed by atoms with Crippen LogP contribution in [0.4, 0.5) is 10.1 Å². The predicted molar refractivity (Wildman–Crippen MR) is 92.0 cm³/mol. The first-order valence-corrected chi connectivity index (χ1v) is 8.03. The Bertz CT molecular complexity index is 892. The fraction of sp³-hybridized carbons (Fsp3) is 0.222. The van der Waals surface area contributed by atoms with Gasteiger partial charge in [-0.1, -0.05) is 31.2 Å². The molecule has 0 spiro atoms. The highest BCUT2D eigenvalue weighted by atomic mass is 19.1. The number of nitrogens with one attached hydrogen (secondary N) is 1. The number of tetrazole rings is 1. The summed E-state index contributed by atoms with van der Waals surface area (Å²) in [5.74, 6) is -0.397. The minimum Gasteiger partial charge on any atom is -0.324 e. The molecular weight excluding hydrogens is 321 g/mol. The summed E-state index contributed by atoms with van der Waals surface area (Å²) >= 11 is 0. The van der Waals surface area contributed by atoms with Gasteiger partial charge in [-0.15, -0.1) is 5.10 Å². The lowest BCUT2D eigenvalue weighted by Crippen LogP contribution is -2.20. The average Bonchev–Trinajstić information content (AvgIpc) is 3.10. The normalized spacial score (nSPS) is 12.0. The summed E-state index contributed by atoms with van der Waals surface area (Å²) in [7, 11) is 0. The van der Waals surface area contributed by atoms with E-state index < -0.39 is 5.92 Å². The number of halogens is 1. The lowest BCUT2D eigenvalue weighted by molar-refractivity contribution is -0.117. The third-order valence-corrected chi connectivity index (χ3v) is 3.98. The molecule has 6 nitrogen and oxygen atoms in total. The second kappa shape index (κ2) is 7.21. The Morgan fingerprint density at radius 1 is 1.24 bits per heavy atom. The Morgan fingerprint density at radius 2 is 2.04 bits per heavy atom. The number of carbonyl (C=O) groups excluding carboxylic acids is 1. The first-order chi connectivity index (χ1) is 12.1. The second-order valence-corrected chi connectivity index (χ2v) is 5.64. The molecule has 2 aromatic carbocycles. The molecule has 0 aliphatic rings. The van der Waals surface area contributed by atoms with E-state index in [2.05, 4.69) is 20.8 Å². The summed E-state index contributed by atoms with van der Waals surface area (Å²) in [6.45, 7) is 3.69. The van der Waals surface area contributed by atoms with E-state index in [9.17, 15) is 9.18 Å². The summed E-state index contributed by atoms with van der Waals surface area (Å²) in [5, 5.41) is 14.5. The Labute approximate surface area is 144 Å². The molecule has 1 N–H and O–H groups in total. The minimum atomic E-state index is -0.497. The van der Waals surface area contributed by atoms with Crippen molar-refractivity contribution in [3.05, 3.63) is 65.7 Å². The molecule has 1 heterocycles. The highest BCUT2D eigenvalue weighted by molar-refractivity contribution is 5.97. The molecule has 0 saturated heterocycles. The summed E-state index contributed by atoms with van der Waals surface area (Å²) in [6, 6.07) is 13.3. The van der Waals surface area contributed by atoms with Crippen LogP contribution in [0.5, 0.6) is 0 Å². The number of rotatable bonds is 5. The van der Waals surface area contributed by atoms with Crippen LogP contribution in [0.2, 0.25) is 0 Å². The highest BCUT2D eigenvalue weighted by Gasteiger charge is 2.18. The van der Waals surface area contributed by atoms with Crippen LogP contribution in [0.3, 0.4) is 0 Å². The molecule has 0 radical (unpaired) electrons. The fourth-order valence-electron chi connectivity index (χ4n) is 2.55. The molecule has 25 heavy (non-hydrogen) atoms. The first kappa shape index (κ1) is 16.8. The number of hydrogen-bond acceptors (Lipinski definition) is 4. The molecule has 1 atom stereocenters. The number of aryl methyl sites for hydroxylation is 1. The van der Waals surface area contributed by atoms with E-state index >= 15 is 0 Å². The molecule has 1 aromatic heterocycles. The van der Waals surface area contributed by atoms with Gasteiger partial charge in [0.1, 0.15) is 5.82 Å². The van der Waals surface area contributed by atoms with E-state index in [4.69, 9.17) is 0 Å². The van der Waals surface area contributed by atoms with Crippen LogP contribution in [-0.2, 0) is 11.2 Å². The molecule has 1 amide bonds. The van der Waals surface area contributed by atoms with E-state index in [0.29, 0.717) is 29.2 Å². The van der Waals surface area contributed by atoms with E-state index in [-0.39, 0.29) is 11.7 Å². The van der Waals surface area contributed by atoms with Crippen molar-refractivity contribution >= 4 is 11.6 Å². The van der Waals surface area contributed by atoms with Gasteiger partial charge in [0.15, 0.2) is 5.82 Å². The van der Waals surface area contributed by atoms with E-state index in [1.807, 2.05) is 25.1 Å². The highest BCUT2D eigenvalue weighted by Crippen LogP contribution is 2.23. The van der Waals surface area contributed by atoms with Crippen molar-refractivity contribution in [3.8, 4) is 5.69 Å². The van der Waals surface area contributed by atoms with Crippen LogP contribution in [-0.4, -0.2) is 26.1 Å². The quantitative estimate of drug-likeness (QED) is 0.775. The van der Waals surface area contributed by atoms with Gasteiger partial charge in [0.25, 0.3) is 0 Å². The van der Waals surface area contributed by atoms with Crippen molar-refractivity contribution in [1.82, 2.24) is 20.2 Å². The van der Waals surface area contributed by atoms with Gasteiger partial charge in [0.05, 0.1) is 17.3 Å². The van der Waals surface area contributed by atoms with Crippen molar-refractivity contribution < 1.29 is 9.18 Å². The molecule has 3 rings (SSSR count). The summed E-state index contributed by atoms with van der Waals surface area (Å²) in [5.41, 5.74) is 1.90. The maximum atomic E-state index is 13.4. The Kier molecular flexibility index (Phi) is 4.83. The van der Waals surface area contributed by atoms with Crippen LogP contribution >= 0.6 is 0 Å². The van der Waals surface area contributed by atoms with Crippen molar-refractivity contribution in [3.63, 3.8) is 0 Å². The second-order valence-electron chi connectivity index (χ2n) is 5.64. The molecule has 0 aliphatic heterocycles. The smallest absolute Gasteiger partial charge is 0.231 e. The molecular formula is C18H18FN5O. The number of hydrogen-bond donors (Lipinski definition) is 1. The zero-order chi connectivity index (χ0) is 17.8. The maximum Gasteiger partial charge on any atom is 0.231 e. The SMILES string of the molecule is CCc1nnnn1-c1ccccc1NC(=O)C(C)c1cccc(F)c1. The van der Waals surface area contributed by atoms with Crippen LogP contribution in [0.25, 0.3) is 5.69 Å². The van der Waals surface area contributed by atoms with Gasteiger partial charge in [0.2, 0.25) is 5.91 Å². The molecule has 1 unspecified atom stereocenters. The molecule has 0 fully saturated rings. The van der Waals surface area contributed by atoms with Gasteiger partial charge in [-0.05, 0) is 47.2 Å². The third-order valence-electron chi connectivity index (χ3n) is 3.98. The van der Waals surface area contributed by atoms with Crippen LogP contribution in [0, 0.1) is 5.82 Å². The molecule has 0 saturated carbocycles. The monoisotopic (exact) mass is 339 g/mol. The Hall–Kier alpha value is -3.09. The van der Waals surface area contributed by atoms with E-state index in [1.165, 1.54) is 12.1 Å². The molecule has 0 bridgehead atoms. The third kappa shape index (κ3) is 3.55. The molecule has 3 aromatic rings. The van der Waals surface area contributed by atoms with Crippen molar-refractivity contribution in [1.29, 1.82) is 0 Å². The molecule has 128 valence electrons. The number of aromatic nitrogens is 4. The number of anilines is 1. The zero-order valence-electron chi connectivity index (χ0n) is 14.0. The standard InChI is InChI=1S/C18H18FN5O/c1-3-17-21-22-23-24(17)16-10-5-4-9-15(16)20-18(25)12(2)13-7-6-8-14(19)11-13/h4-12H,3H2,1-2H3,(H,20,25). The summed E-state index contributed by atoms with van der Waals surface area (Å²) in [6.07, 6.45) is 0.662. The number of benzene rings is 2. The van der Waals surface area contributed by atoms with Gasteiger partial charge in [-0.25, -0.2) is 4.39 Å². The van der Waals surface area contributed by atoms with Crippen LogP contribution in [0.15, 0.2) is 48.5 Å². The molecule has 0 aliphatic carbocycles. The van der Waals surface area contributed by atoms with Gasteiger partial charge in [-0.3, -0.25) is 4.79 Å². The lowest BCUT2D eigenvalue weighted by Gasteiger charge is -2.15. The Morgan fingerprint density at radius 3 is 2.80 bits per heavy atom. The largest absolute Gasteiger partial charge is 0.324 e. The van der Waals surface area contributed by atoms with Gasteiger partial charge in [0, 0.05) is 6.42 Å². The van der Waals surface area contributed by atoms with E-state index in [0.717, 1.165) is 0 Å². The summed E-state index contributed by atoms with van der Waals surface area (Å²) in [4.78, 5) is 12.6. The first-order valence-electron chi connectivity index (χ1n) is 8.03. The van der Waals surface area contributed by atoms with Crippen molar-refractivity contribution in [2.75, 3.05) is 5.32 Å². The van der Waals surface area contributed by atoms with Crippen molar-refractivity contribution in [2.45, 2.75) is 26.2 Å². The number of amides is 1. The lowest BCUT2D eigenvalue weighted by atomic mass is 10.00. The van der Waals surface area contributed by atoms with Crippen LogP contribution < -0.4 is 5.32 Å². The van der Waals surface area contributed by atoms with Gasteiger partial charge in [-0.2, -0.15) is 4.68 Å². The van der Waals surface area contributed by atoms with Crippen molar-refractivity contribution in [2.24, 2.45) is 0 Å². The topological polar surface area (TPSA) is 72.7 Å². The maximum absolute atomic E-state index is 13.4. The fourth-order valence-corrected chi connectivity index (χ4v) is 2.55. The predicted octanol–water partition coefficient (Wildman–Crippen LogP) is 3.11. The average molecular weight is 339 g/mol. The number of carbonyl (C=O) groups is 1. The molecule has 7 heteroatoms. The number of para-hydroxylation sites is 2. The number of nitrogens with zero attached hydrogens (tertiary/aromatic N) is 4. The minimum absolute atomic E-state index is 0.232. The van der Waals surface area contributed by atoms with Gasteiger partial charge >= 0.3 is 0 Å². The van der Waals surface area contributed by atoms with Crippen LogP contribution in [0.1, 0.15) is 31.2 Å². The van der Waals surface area contributed by atoms with Gasteiger partial charge < -0.3 is 5.32 Å².